The molecule has 2 aliphatic heterocycles. The van der Waals surface area contributed by atoms with E-state index < -0.39 is 0 Å². The number of nitrogens with one attached hydrogen (secondary N) is 1. The molecule has 4 heterocycles. The maximum atomic E-state index is 13.2. The quantitative estimate of drug-likeness (QED) is 0.640. The fraction of sp³-hybridized carbons (Fsp3) is 0.542. The first-order valence-corrected chi connectivity index (χ1v) is 11.9. The molecule has 2 fully saturated rings. The molecular weight excluding hydrogens is 404 g/mol. The lowest BCUT2D eigenvalue weighted by Crippen LogP contribution is -2.46. The molecule has 1 N–H and O–H groups in total. The normalized spacial score (nSPS) is 19.2. The van der Waals surface area contributed by atoms with Gasteiger partial charge in [-0.05, 0) is 50.9 Å². The van der Waals surface area contributed by atoms with E-state index in [2.05, 4.69) is 25.5 Å². The van der Waals surface area contributed by atoms with Gasteiger partial charge >= 0.3 is 0 Å². The minimum atomic E-state index is -0.0828. The molecule has 32 heavy (non-hydrogen) atoms. The number of rotatable bonds is 6. The third-order valence-electron chi connectivity index (χ3n) is 6.87. The maximum Gasteiger partial charge on any atom is 0.268 e. The highest BCUT2D eigenvalue weighted by Crippen LogP contribution is 2.24. The number of nitrogens with zero attached hydrogens (tertiary/aromatic N) is 5. The van der Waals surface area contributed by atoms with Gasteiger partial charge in [0.05, 0.1) is 5.52 Å². The largest absolute Gasteiger partial charge is 0.348 e. The van der Waals surface area contributed by atoms with Gasteiger partial charge in [-0.3, -0.25) is 9.36 Å². The number of hydrogen-bond donors (Lipinski definition) is 1. The van der Waals surface area contributed by atoms with Crippen molar-refractivity contribution < 1.29 is 9.32 Å². The van der Waals surface area contributed by atoms with Crippen LogP contribution < -0.4 is 5.32 Å². The van der Waals surface area contributed by atoms with Gasteiger partial charge in [0.1, 0.15) is 11.9 Å². The monoisotopic (exact) mass is 436 g/mol. The number of benzene rings is 1. The second-order valence-electron chi connectivity index (χ2n) is 9.02. The Labute approximate surface area is 188 Å². The molecule has 1 amide bonds. The number of carbonyl (C=O) groups excluding carboxylic acids is 1. The lowest BCUT2D eigenvalue weighted by molar-refractivity contribution is 0.0899. The zero-order valence-corrected chi connectivity index (χ0v) is 18.6. The summed E-state index contributed by atoms with van der Waals surface area (Å²) in [6, 6.07) is 9.98. The summed E-state index contributed by atoms with van der Waals surface area (Å²) in [6.45, 7) is 6.87. The number of amides is 1. The van der Waals surface area contributed by atoms with Crippen molar-refractivity contribution in [3.05, 3.63) is 42.2 Å². The standard InChI is InChI=1S/C24H32N6O2/c31-24(22-17-19-7-3-4-8-21(19)30(22)23-18-25-27-32-23)26-20-9-13-29(14-10-20)16-15-28-11-5-1-2-6-12-28/h3-4,7-8,17-18,20H,1-2,5-6,9-16H2,(H,26,31). The van der Waals surface area contributed by atoms with E-state index in [9.17, 15) is 4.79 Å². The minimum absolute atomic E-state index is 0.0828. The highest BCUT2D eigenvalue weighted by Gasteiger charge is 2.25. The maximum absolute atomic E-state index is 13.2. The zero-order valence-electron chi connectivity index (χ0n) is 18.6. The van der Waals surface area contributed by atoms with Crippen LogP contribution >= 0.6 is 0 Å². The summed E-state index contributed by atoms with van der Waals surface area (Å²) >= 11 is 0. The number of hydrogen-bond acceptors (Lipinski definition) is 6. The topological polar surface area (TPSA) is 79.4 Å². The third-order valence-corrected chi connectivity index (χ3v) is 6.87. The van der Waals surface area contributed by atoms with Gasteiger partial charge in [0.2, 0.25) is 0 Å². The van der Waals surface area contributed by atoms with Crippen LogP contribution in [-0.2, 0) is 0 Å². The van der Waals surface area contributed by atoms with Gasteiger partial charge in [-0.1, -0.05) is 31.0 Å². The minimum Gasteiger partial charge on any atom is -0.348 e. The van der Waals surface area contributed by atoms with E-state index in [4.69, 9.17) is 4.52 Å². The van der Waals surface area contributed by atoms with Gasteiger partial charge in [0, 0.05) is 42.9 Å². The van der Waals surface area contributed by atoms with Crippen molar-refractivity contribution in [2.24, 2.45) is 0 Å². The van der Waals surface area contributed by atoms with Crippen molar-refractivity contribution in [3.63, 3.8) is 0 Å². The van der Waals surface area contributed by atoms with E-state index in [0.717, 1.165) is 43.4 Å². The Morgan fingerprint density at radius 1 is 1.00 bits per heavy atom. The van der Waals surface area contributed by atoms with E-state index in [1.807, 2.05) is 30.3 Å². The molecule has 0 radical (unpaired) electrons. The molecule has 0 atom stereocenters. The number of carbonyl (C=O) groups is 1. The van der Waals surface area contributed by atoms with Gasteiger partial charge < -0.3 is 19.6 Å². The van der Waals surface area contributed by atoms with Gasteiger partial charge in [0.25, 0.3) is 11.8 Å². The lowest BCUT2D eigenvalue weighted by Gasteiger charge is -2.33. The molecule has 0 unspecified atom stereocenters. The summed E-state index contributed by atoms with van der Waals surface area (Å²) in [5, 5.41) is 11.6. The summed E-state index contributed by atoms with van der Waals surface area (Å²) in [5.74, 6) is 0.361. The molecule has 5 rings (SSSR count). The molecule has 8 nitrogen and oxygen atoms in total. The van der Waals surface area contributed by atoms with E-state index in [0.29, 0.717) is 11.6 Å². The summed E-state index contributed by atoms with van der Waals surface area (Å²) in [6.07, 6.45) is 8.95. The van der Waals surface area contributed by atoms with Crippen LogP contribution in [0.15, 0.2) is 41.1 Å². The van der Waals surface area contributed by atoms with E-state index in [1.165, 1.54) is 51.5 Å². The van der Waals surface area contributed by atoms with Crippen LogP contribution in [0.2, 0.25) is 0 Å². The van der Waals surface area contributed by atoms with Gasteiger partial charge in [-0.15, -0.1) is 5.10 Å². The predicted octanol–water partition coefficient (Wildman–Crippen LogP) is 3.08. The molecule has 2 aromatic heterocycles. The number of aromatic nitrogens is 3. The van der Waals surface area contributed by atoms with E-state index in [-0.39, 0.29) is 11.9 Å². The highest BCUT2D eigenvalue weighted by atomic mass is 16.5. The molecular formula is C24H32N6O2. The van der Waals surface area contributed by atoms with Crippen LogP contribution in [-0.4, -0.2) is 76.0 Å². The lowest BCUT2D eigenvalue weighted by atomic mass is 10.0. The van der Waals surface area contributed by atoms with Crippen molar-refractivity contribution in [2.75, 3.05) is 39.3 Å². The highest BCUT2D eigenvalue weighted by molar-refractivity contribution is 5.99. The van der Waals surface area contributed by atoms with Gasteiger partial charge in [-0.2, -0.15) is 0 Å². The molecule has 0 spiro atoms. The number of fused-ring (bicyclic) bond motifs is 1. The molecule has 170 valence electrons. The molecule has 2 saturated heterocycles. The zero-order chi connectivity index (χ0) is 21.8. The molecule has 1 aromatic carbocycles. The van der Waals surface area contributed by atoms with Crippen molar-refractivity contribution in [3.8, 4) is 5.88 Å². The first-order chi connectivity index (χ1) is 15.8. The van der Waals surface area contributed by atoms with E-state index >= 15 is 0 Å². The number of piperidine rings is 1. The summed E-state index contributed by atoms with van der Waals surface area (Å²) in [7, 11) is 0. The Kier molecular flexibility index (Phi) is 6.50. The second-order valence-corrected chi connectivity index (χ2v) is 9.02. The summed E-state index contributed by atoms with van der Waals surface area (Å²) < 4.78 is 7.07. The summed E-state index contributed by atoms with van der Waals surface area (Å²) in [4.78, 5) is 18.4. The smallest absolute Gasteiger partial charge is 0.268 e. The van der Waals surface area contributed by atoms with Gasteiger partial charge in [-0.25, -0.2) is 0 Å². The predicted molar refractivity (Wildman–Crippen MR) is 123 cm³/mol. The van der Waals surface area contributed by atoms with Crippen molar-refractivity contribution in [1.29, 1.82) is 0 Å². The van der Waals surface area contributed by atoms with E-state index in [1.54, 1.807) is 4.57 Å². The first kappa shape index (κ1) is 21.2. The molecule has 2 aliphatic rings. The Balaban J connectivity index is 1.19. The Morgan fingerprint density at radius 2 is 1.72 bits per heavy atom. The summed E-state index contributed by atoms with van der Waals surface area (Å²) in [5.41, 5.74) is 1.45. The number of likely N-dealkylation sites (tertiary alicyclic amines) is 2. The molecule has 0 aliphatic carbocycles. The van der Waals surface area contributed by atoms with Crippen molar-refractivity contribution >= 4 is 16.8 Å². The SMILES string of the molecule is O=C(NC1CCN(CCN2CCCCCC2)CC1)c1cc2ccccc2n1-c1cnno1. The average molecular weight is 437 g/mol. The second kappa shape index (κ2) is 9.83. The molecule has 0 bridgehead atoms. The van der Waals surface area contributed by atoms with Crippen molar-refractivity contribution in [1.82, 2.24) is 30.1 Å². The van der Waals surface area contributed by atoms with Crippen LogP contribution in [0.1, 0.15) is 49.0 Å². The van der Waals surface area contributed by atoms with Crippen LogP contribution in [0.3, 0.4) is 0 Å². The molecule has 8 heteroatoms. The Hall–Kier alpha value is -2.71. The first-order valence-electron chi connectivity index (χ1n) is 11.9. The van der Waals surface area contributed by atoms with Crippen LogP contribution in [0, 0.1) is 0 Å². The average Bonchev–Trinajstić information content (AvgIpc) is 3.40. The van der Waals surface area contributed by atoms with Crippen LogP contribution in [0.5, 0.6) is 0 Å². The van der Waals surface area contributed by atoms with Crippen LogP contribution in [0.25, 0.3) is 16.8 Å². The Bertz CT molecular complexity index is 1010. The fourth-order valence-electron chi connectivity index (χ4n) is 5.02. The van der Waals surface area contributed by atoms with Gasteiger partial charge in [0.15, 0.2) is 0 Å². The van der Waals surface area contributed by atoms with Crippen LogP contribution in [0.4, 0.5) is 0 Å². The fourth-order valence-corrected chi connectivity index (χ4v) is 5.02. The van der Waals surface area contributed by atoms with Crippen molar-refractivity contribution in [2.45, 2.75) is 44.6 Å². The number of para-hydroxylation sites is 1. The molecule has 0 saturated carbocycles. The third kappa shape index (κ3) is 4.71. The Morgan fingerprint density at radius 3 is 2.44 bits per heavy atom. The molecule has 3 aromatic rings.